The summed E-state index contributed by atoms with van der Waals surface area (Å²) in [6.45, 7) is 3.35. The predicted octanol–water partition coefficient (Wildman–Crippen LogP) is 1.02. The molecule has 0 radical (unpaired) electrons. The molecule has 5 heteroatoms. The molecule has 0 saturated carbocycles. The van der Waals surface area contributed by atoms with Crippen molar-refractivity contribution < 1.29 is 14.3 Å². The zero-order chi connectivity index (χ0) is 14.4. The summed E-state index contributed by atoms with van der Waals surface area (Å²) in [7, 11) is 0. The second-order valence-electron chi connectivity index (χ2n) is 5.00. The number of hydrogen-bond acceptors (Lipinski definition) is 3. The first-order valence-electron chi connectivity index (χ1n) is 6.89. The molecule has 1 aliphatic rings. The van der Waals surface area contributed by atoms with Crippen LogP contribution in [0.3, 0.4) is 0 Å². The summed E-state index contributed by atoms with van der Waals surface area (Å²) in [4.78, 5) is 22.9. The van der Waals surface area contributed by atoms with Gasteiger partial charge in [-0.15, -0.1) is 0 Å². The highest BCUT2D eigenvalue weighted by atomic mass is 16.5. The van der Waals surface area contributed by atoms with E-state index >= 15 is 0 Å². The molecule has 1 aromatic rings. The van der Waals surface area contributed by atoms with Gasteiger partial charge in [0.2, 0.25) is 11.8 Å². The van der Waals surface area contributed by atoms with Crippen molar-refractivity contribution in [2.45, 2.75) is 19.8 Å². The van der Waals surface area contributed by atoms with E-state index in [1.807, 2.05) is 31.2 Å². The minimum atomic E-state index is -0.119. The van der Waals surface area contributed by atoms with Crippen molar-refractivity contribution in [3.8, 4) is 5.75 Å². The Morgan fingerprint density at radius 3 is 3.05 bits per heavy atom. The van der Waals surface area contributed by atoms with Crippen molar-refractivity contribution in [1.29, 1.82) is 0 Å². The molecule has 1 saturated heterocycles. The number of carbonyl (C=O) groups excluding carboxylic acids is 2. The Balaban J connectivity index is 1.65. The van der Waals surface area contributed by atoms with Crippen LogP contribution in [-0.4, -0.2) is 31.5 Å². The van der Waals surface area contributed by atoms with Crippen LogP contribution in [0.5, 0.6) is 5.75 Å². The second kappa shape index (κ2) is 6.93. The third-order valence-electron chi connectivity index (χ3n) is 3.30. The molecule has 0 bridgehead atoms. The van der Waals surface area contributed by atoms with Crippen molar-refractivity contribution in [2.24, 2.45) is 5.92 Å². The van der Waals surface area contributed by atoms with Gasteiger partial charge in [-0.05, 0) is 31.0 Å². The fourth-order valence-corrected chi connectivity index (χ4v) is 2.15. The Hall–Kier alpha value is -2.04. The highest BCUT2D eigenvalue weighted by Crippen LogP contribution is 2.12. The van der Waals surface area contributed by atoms with Gasteiger partial charge >= 0.3 is 0 Å². The summed E-state index contributed by atoms with van der Waals surface area (Å²) >= 11 is 0. The standard InChI is InChI=1S/C15H20N2O3/c1-11-3-2-4-13(9-11)20-8-7-16-15(19)12-5-6-14(18)17-10-12/h2-4,9,12H,5-8,10H2,1H3,(H,16,19)(H,17,18). The van der Waals surface area contributed by atoms with Crippen molar-refractivity contribution in [3.05, 3.63) is 29.8 Å². The number of rotatable bonds is 5. The lowest BCUT2D eigenvalue weighted by Gasteiger charge is -2.21. The van der Waals surface area contributed by atoms with Gasteiger partial charge < -0.3 is 15.4 Å². The number of nitrogens with one attached hydrogen (secondary N) is 2. The third kappa shape index (κ3) is 4.26. The second-order valence-corrected chi connectivity index (χ2v) is 5.00. The summed E-state index contributed by atoms with van der Waals surface area (Å²) in [6.07, 6.45) is 1.05. The molecule has 0 aromatic heterocycles. The molecule has 0 spiro atoms. The van der Waals surface area contributed by atoms with Gasteiger partial charge in [0.15, 0.2) is 0 Å². The van der Waals surface area contributed by atoms with Crippen LogP contribution in [0.4, 0.5) is 0 Å². The minimum Gasteiger partial charge on any atom is -0.492 e. The minimum absolute atomic E-state index is 0.0159. The van der Waals surface area contributed by atoms with Crippen molar-refractivity contribution in [3.63, 3.8) is 0 Å². The Morgan fingerprint density at radius 2 is 2.35 bits per heavy atom. The summed E-state index contributed by atoms with van der Waals surface area (Å²) < 4.78 is 5.56. The maximum absolute atomic E-state index is 11.9. The van der Waals surface area contributed by atoms with Gasteiger partial charge in [0.05, 0.1) is 12.5 Å². The molecule has 108 valence electrons. The molecule has 0 aliphatic carbocycles. The van der Waals surface area contributed by atoms with Gasteiger partial charge in [0, 0.05) is 13.0 Å². The number of piperidine rings is 1. The zero-order valence-electron chi connectivity index (χ0n) is 11.6. The lowest BCUT2D eigenvalue weighted by molar-refractivity contribution is -0.129. The van der Waals surface area contributed by atoms with Crippen LogP contribution in [0.2, 0.25) is 0 Å². The van der Waals surface area contributed by atoms with Gasteiger partial charge in [0.25, 0.3) is 0 Å². The number of ether oxygens (including phenoxy) is 1. The van der Waals surface area contributed by atoms with Crippen LogP contribution < -0.4 is 15.4 Å². The van der Waals surface area contributed by atoms with E-state index in [-0.39, 0.29) is 17.7 Å². The van der Waals surface area contributed by atoms with Crippen LogP contribution in [0.25, 0.3) is 0 Å². The molecule has 1 aromatic carbocycles. The number of amides is 2. The first kappa shape index (κ1) is 14.4. The maximum Gasteiger partial charge on any atom is 0.225 e. The first-order valence-corrected chi connectivity index (χ1v) is 6.89. The van der Waals surface area contributed by atoms with Gasteiger partial charge in [-0.3, -0.25) is 9.59 Å². The van der Waals surface area contributed by atoms with Gasteiger partial charge in [-0.2, -0.15) is 0 Å². The van der Waals surface area contributed by atoms with E-state index in [2.05, 4.69) is 10.6 Å². The maximum atomic E-state index is 11.9. The molecular formula is C15H20N2O3. The largest absolute Gasteiger partial charge is 0.492 e. The summed E-state index contributed by atoms with van der Waals surface area (Å²) in [6, 6.07) is 7.80. The molecule has 1 aliphatic heterocycles. The molecule has 2 amide bonds. The molecular weight excluding hydrogens is 256 g/mol. The Kier molecular flexibility index (Phi) is 4.98. The van der Waals surface area contributed by atoms with Crippen LogP contribution in [0.1, 0.15) is 18.4 Å². The molecule has 1 heterocycles. The zero-order valence-corrected chi connectivity index (χ0v) is 11.6. The Morgan fingerprint density at radius 1 is 1.50 bits per heavy atom. The van der Waals surface area contributed by atoms with E-state index in [0.29, 0.717) is 32.5 Å². The van der Waals surface area contributed by atoms with Crippen LogP contribution in [0.15, 0.2) is 24.3 Å². The van der Waals surface area contributed by atoms with Crippen molar-refractivity contribution in [1.82, 2.24) is 10.6 Å². The molecule has 2 rings (SSSR count). The van der Waals surface area contributed by atoms with Crippen molar-refractivity contribution >= 4 is 11.8 Å². The summed E-state index contributed by atoms with van der Waals surface area (Å²) in [5.74, 6) is 0.700. The molecule has 1 atom stereocenters. The average molecular weight is 276 g/mol. The molecule has 1 unspecified atom stereocenters. The SMILES string of the molecule is Cc1cccc(OCCNC(=O)C2CCC(=O)NC2)c1. The van der Waals surface area contributed by atoms with E-state index in [1.54, 1.807) is 0 Å². The highest BCUT2D eigenvalue weighted by molar-refractivity contribution is 5.83. The predicted molar refractivity (Wildman–Crippen MR) is 75.4 cm³/mol. The first-order chi connectivity index (χ1) is 9.65. The average Bonchev–Trinajstić information content (AvgIpc) is 2.44. The van der Waals surface area contributed by atoms with E-state index < -0.39 is 0 Å². The number of aryl methyl sites for hydroxylation is 1. The van der Waals surface area contributed by atoms with E-state index in [4.69, 9.17) is 4.74 Å². The van der Waals surface area contributed by atoms with E-state index in [1.165, 1.54) is 0 Å². The monoisotopic (exact) mass is 276 g/mol. The van der Waals surface area contributed by atoms with Crippen LogP contribution >= 0.6 is 0 Å². The van der Waals surface area contributed by atoms with Crippen molar-refractivity contribution in [2.75, 3.05) is 19.7 Å². The molecule has 20 heavy (non-hydrogen) atoms. The fourth-order valence-electron chi connectivity index (χ4n) is 2.15. The molecule has 1 fully saturated rings. The Labute approximate surface area is 118 Å². The number of hydrogen-bond donors (Lipinski definition) is 2. The highest BCUT2D eigenvalue weighted by Gasteiger charge is 2.23. The van der Waals surface area contributed by atoms with E-state index in [9.17, 15) is 9.59 Å². The van der Waals surface area contributed by atoms with Crippen LogP contribution in [0, 0.1) is 12.8 Å². The topological polar surface area (TPSA) is 67.4 Å². The fraction of sp³-hybridized carbons (Fsp3) is 0.467. The summed E-state index contributed by atoms with van der Waals surface area (Å²) in [5.41, 5.74) is 1.14. The van der Waals surface area contributed by atoms with Crippen LogP contribution in [-0.2, 0) is 9.59 Å². The van der Waals surface area contributed by atoms with Gasteiger partial charge in [-0.25, -0.2) is 0 Å². The quantitative estimate of drug-likeness (QED) is 0.789. The molecule has 5 nitrogen and oxygen atoms in total. The number of benzene rings is 1. The molecule has 2 N–H and O–H groups in total. The lowest BCUT2D eigenvalue weighted by atomic mass is 9.98. The Bertz CT molecular complexity index is 478. The smallest absolute Gasteiger partial charge is 0.225 e. The normalized spacial score (nSPS) is 18.2. The summed E-state index contributed by atoms with van der Waals surface area (Å²) in [5, 5.41) is 5.54. The van der Waals surface area contributed by atoms with Gasteiger partial charge in [0.1, 0.15) is 12.4 Å². The lowest BCUT2D eigenvalue weighted by Crippen LogP contribution is -2.43. The third-order valence-corrected chi connectivity index (χ3v) is 3.30. The van der Waals surface area contributed by atoms with Gasteiger partial charge in [-0.1, -0.05) is 12.1 Å². The van der Waals surface area contributed by atoms with E-state index in [0.717, 1.165) is 11.3 Å². The number of carbonyl (C=O) groups is 2.